The first-order valence-electron chi connectivity index (χ1n) is 16.2. The summed E-state index contributed by atoms with van der Waals surface area (Å²) in [7, 11) is 0. The molecular formula is C32H44N10O9. The molecule has 0 fully saturated rings. The number of carbonyl (C=O) groups excluding carboxylic acids is 5. The molecule has 3 rings (SSSR count). The summed E-state index contributed by atoms with van der Waals surface area (Å²) < 4.78 is 0. The quantitative estimate of drug-likeness (QED) is 0.0493. The number of amides is 5. The highest BCUT2D eigenvalue weighted by molar-refractivity contribution is 5.95. The fourth-order valence-electron chi connectivity index (χ4n) is 5.07. The van der Waals surface area contributed by atoms with Crippen molar-refractivity contribution in [1.82, 2.24) is 41.5 Å². The Balaban J connectivity index is 1.62. The van der Waals surface area contributed by atoms with Crippen LogP contribution in [0.1, 0.15) is 43.4 Å². The molecule has 1 aromatic carbocycles. The minimum Gasteiger partial charge on any atom is -0.481 e. The number of para-hydroxylation sites is 1. The Morgan fingerprint density at radius 3 is 2.12 bits per heavy atom. The molecule has 0 aliphatic rings. The molecule has 276 valence electrons. The van der Waals surface area contributed by atoms with Gasteiger partial charge >= 0.3 is 11.9 Å². The highest BCUT2D eigenvalue weighted by Crippen LogP contribution is 2.19. The third-order valence-corrected chi connectivity index (χ3v) is 7.78. The van der Waals surface area contributed by atoms with Crippen molar-refractivity contribution >= 4 is 52.4 Å². The van der Waals surface area contributed by atoms with Gasteiger partial charge in [-0.25, -0.2) is 9.78 Å². The second kappa shape index (κ2) is 20.0. The van der Waals surface area contributed by atoms with Gasteiger partial charge < -0.3 is 58.2 Å². The normalized spacial score (nSPS) is 13.3. The first-order chi connectivity index (χ1) is 24.4. The van der Waals surface area contributed by atoms with E-state index < -0.39 is 78.7 Å². The molecule has 2 aromatic heterocycles. The molecule has 3 aromatic rings. The predicted molar refractivity (Wildman–Crippen MR) is 181 cm³/mol. The SMILES string of the molecule is NCCCC[C@H](NC(=O)[C@H](Cc1c[nH]cn1)NC(=O)CNC(=O)[C@@H](N)CCC(=O)O)C(=O)NCC(=O)N[C@@H](Cc1c[nH]c2ccccc12)C(=O)O. The van der Waals surface area contributed by atoms with Gasteiger partial charge in [0.1, 0.15) is 18.1 Å². The maximum atomic E-state index is 13.5. The molecule has 13 N–H and O–H groups in total. The Hall–Kier alpha value is -5.82. The number of nitrogens with zero attached hydrogens (tertiary/aromatic N) is 1. The smallest absolute Gasteiger partial charge is 0.326 e. The number of rotatable bonds is 22. The maximum Gasteiger partial charge on any atom is 0.326 e. The lowest BCUT2D eigenvalue weighted by molar-refractivity contribution is -0.141. The van der Waals surface area contributed by atoms with Crippen molar-refractivity contribution in [2.24, 2.45) is 11.5 Å². The number of benzene rings is 1. The molecule has 0 bridgehead atoms. The fraction of sp³-hybridized carbons (Fsp3) is 0.438. The Bertz CT molecular complexity index is 1660. The fourth-order valence-corrected chi connectivity index (χ4v) is 5.07. The topological polar surface area (TPSA) is 317 Å². The van der Waals surface area contributed by atoms with E-state index in [0.717, 1.165) is 10.9 Å². The minimum atomic E-state index is -1.29. The molecule has 0 unspecified atom stereocenters. The number of carbonyl (C=O) groups is 7. The van der Waals surface area contributed by atoms with Gasteiger partial charge in [0.25, 0.3) is 0 Å². The minimum absolute atomic E-state index is 0.0128. The van der Waals surface area contributed by atoms with Crippen molar-refractivity contribution < 1.29 is 43.8 Å². The number of carboxylic acids is 2. The van der Waals surface area contributed by atoms with Crippen molar-refractivity contribution in [3.63, 3.8) is 0 Å². The molecule has 4 atom stereocenters. The second-order valence-electron chi connectivity index (χ2n) is 11.7. The van der Waals surface area contributed by atoms with Gasteiger partial charge in [-0.15, -0.1) is 0 Å². The molecule has 0 radical (unpaired) electrons. The zero-order chi connectivity index (χ0) is 37.3. The van der Waals surface area contributed by atoms with Crippen LogP contribution in [0.25, 0.3) is 10.9 Å². The Morgan fingerprint density at radius 1 is 0.784 bits per heavy atom. The number of fused-ring (bicyclic) bond motifs is 1. The number of imidazole rings is 1. The summed E-state index contributed by atoms with van der Waals surface area (Å²) in [6.45, 7) is -0.833. The van der Waals surface area contributed by atoms with Crippen LogP contribution in [-0.4, -0.2) is 110 Å². The van der Waals surface area contributed by atoms with Crippen molar-refractivity contribution in [2.45, 2.75) is 69.1 Å². The van der Waals surface area contributed by atoms with Crippen LogP contribution in [0.5, 0.6) is 0 Å². The lowest BCUT2D eigenvalue weighted by Gasteiger charge is -2.23. The summed E-state index contributed by atoms with van der Waals surface area (Å²) >= 11 is 0. The molecular weight excluding hydrogens is 668 g/mol. The molecule has 0 spiro atoms. The molecule has 2 heterocycles. The number of aliphatic carboxylic acids is 2. The number of hydrogen-bond donors (Lipinski definition) is 11. The Kier molecular flexibility index (Phi) is 15.5. The highest BCUT2D eigenvalue weighted by atomic mass is 16.4. The molecule has 0 aliphatic heterocycles. The van der Waals surface area contributed by atoms with E-state index in [9.17, 15) is 38.7 Å². The average molecular weight is 713 g/mol. The van der Waals surface area contributed by atoms with Crippen molar-refractivity contribution in [3.05, 3.63) is 54.2 Å². The van der Waals surface area contributed by atoms with Crippen molar-refractivity contribution in [1.29, 1.82) is 0 Å². The second-order valence-corrected chi connectivity index (χ2v) is 11.7. The van der Waals surface area contributed by atoms with Gasteiger partial charge in [0.15, 0.2) is 0 Å². The molecule has 19 heteroatoms. The zero-order valence-corrected chi connectivity index (χ0v) is 27.8. The first kappa shape index (κ1) is 39.6. The van der Waals surface area contributed by atoms with Crippen LogP contribution >= 0.6 is 0 Å². The summed E-state index contributed by atoms with van der Waals surface area (Å²) in [5, 5.41) is 31.6. The van der Waals surface area contributed by atoms with E-state index in [1.54, 1.807) is 6.20 Å². The maximum absolute atomic E-state index is 13.5. The molecule has 5 amide bonds. The van der Waals surface area contributed by atoms with Gasteiger partial charge in [-0.2, -0.15) is 0 Å². The lowest BCUT2D eigenvalue weighted by Crippen LogP contribution is -2.56. The molecule has 0 aliphatic carbocycles. The number of aromatic amines is 2. The highest BCUT2D eigenvalue weighted by Gasteiger charge is 2.29. The summed E-state index contributed by atoms with van der Waals surface area (Å²) in [6.07, 6.45) is 5.02. The van der Waals surface area contributed by atoms with Crippen LogP contribution < -0.4 is 38.1 Å². The van der Waals surface area contributed by atoms with E-state index >= 15 is 0 Å². The molecule has 51 heavy (non-hydrogen) atoms. The number of nitrogens with one attached hydrogen (secondary N) is 7. The van der Waals surface area contributed by atoms with E-state index in [0.29, 0.717) is 30.6 Å². The predicted octanol–water partition coefficient (Wildman–Crippen LogP) is -2.23. The van der Waals surface area contributed by atoms with Gasteiger partial charge in [0, 0.05) is 42.6 Å². The van der Waals surface area contributed by atoms with Gasteiger partial charge in [-0.3, -0.25) is 28.8 Å². The molecule has 0 saturated heterocycles. The van der Waals surface area contributed by atoms with Crippen LogP contribution in [0, 0.1) is 0 Å². The largest absolute Gasteiger partial charge is 0.481 e. The Labute approximate surface area is 292 Å². The monoisotopic (exact) mass is 712 g/mol. The van der Waals surface area contributed by atoms with Crippen LogP contribution in [0.15, 0.2) is 43.0 Å². The average Bonchev–Trinajstić information content (AvgIpc) is 3.77. The van der Waals surface area contributed by atoms with Gasteiger partial charge in [0.2, 0.25) is 29.5 Å². The van der Waals surface area contributed by atoms with Crippen molar-refractivity contribution in [2.75, 3.05) is 19.6 Å². The summed E-state index contributed by atoms with van der Waals surface area (Å²) in [4.78, 5) is 97.0. The van der Waals surface area contributed by atoms with Crippen LogP contribution in [-0.2, 0) is 46.4 Å². The van der Waals surface area contributed by atoms with Crippen molar-refractivity contribution in [3.8, 4) is 0 Å². The summed E-state index contributed by atoms with van der Waals surface area (Å²) in [5.74, 6) is -6.19. The number of unbranched alkanes of at least 4 members (excludes halogenated alkanes) is 1. The van der Waals surface area contributed by atoms with E-state index in [1.807, 2.05) is 24.3 Å². The van der Waals surface area contributed by atoms with E-state index in [-0.39, 0.29) is 32.1 Å². The lowest BCUT2D eigenvalue weighted by atomic mass is 10.0. The van der Waals surface area contributed by atoms with E-state index in [2.05, 4.69) is 41.5 Å². The van der Waals surface area contributed by atoms with Gasteiger partial charge in [-0.05, 0) is 43.9 Å². The van der Waals surface area contributed by atoms with Crippen LogP contribution in [0.4, 0.5) is 0 Å². The summed E-state index contributed by atoms with van der Waals surface area (Å²) in [5.41, 5.74) is 13.2. The Morgan fingerprint density at radius 2 is 1.47 bits per heavy atom. The molecule has 19 nitrogen and oxygen atoms in total. The molecule has 0 saturated carbocycles. The number of H-pyrrole nitrogens is 2. The number of nitrogens with two attached hydrogens (primary N) is 2. The van der Waals surface area contributed by atoms with Crippen LogP contribution in [0.3, 0.4) is 0 Å². The standard InChI is InChI=1S/C32H44N10O9/c33-10-4-3-7-23(30(48)38-16-27(44)41-25(32(50)51)11-18-13-36-22-6-2-1-5-20(18)22)42-31(49)24(12-19-14-35-17-39-19)40-26(43)15-37-29(47)21(34)8-9-28(45)46/h1-2,5-6,13-14,17,21,23-25,36H,3-4,7-12,15-16,33-34H2,(H,35,39)(H,37,47)(H,38,48)(H,40,43)(H,41,44)(H,42,49)(H,45,46)(H,50,51)/t21-,23-,24-,25-/m0/s1. The third-order valence-electron chi connectivity index (χ3n) is 7.78. The van der Waals surface area contributed by atoms with E-state index in [4.69, 9.17) is 16.6 Å². The third kappa shape index (κ3) is 13.2. The number of aromatic nitrogens is 3. The summed E-state index contributed by atoms with van der Waals surface area (Å²) in [6, 6.07) is 2.43. The first-order valence-corrected chi connectivity index (χ1v) is 16.2. The van der Waals surface area contributed by atoms with E-state index in [1.165, 1.54) is 12.5 Å². The van der Waals surface area contributed by atoms with Crippen LogP contribution in [0.2, 0.25) is 0 Å². The zero-order valence-electron chi connectivity index (χ0n) is 27.8. The van der Waals surface area contributed by atoms with Gasteiger partial charge in [-0.1, -0.05) is 18.2 Å². The number of hydrogen-bond acceptors (Lipinski definition) is 10. The number of carboxylic acid groups (broad SMARTS) is 2. The van der Waals surface area contributed by atoms with Gasteiger partial charge in [0.05, 0.1) is 31.2 Å².